The molecule has 1 N–H and O–H groups in total. The molecule has 0 radical (unpaired) electrons. The van der Waals surface area contributed by atoms with Crippen molar-refractivity contribution in [3.8, 4) is 0 Å². The lowest BCUT2D eigenvalue weighted by atomic mass is 10.1. The molecule has 3 heteroatoms. The largest absolute Gasteiger partial charge is 0.311 e. The van der Waals surface area contributed by atoms with Gasteiger partial charge >= 0.3 is 0 Å². The van der Waals surface area contributed by atoms with E-state index in [1.165, 1.54) is 26.1 Å². The van der Waals surface area contributed by atoms with Crippen LogP contribution in [-0.2, 0) is 13.0 Å². The molecule has 3 rings (SSSR count). The minimum Gasteiger partial charge on any atom is -0.311 e. The summed E-state index contributed by atoms with van der Waals surface area (Å²) in [5.74, 6) is 0. The number of thiophene rings is 1. The van der Waals surface area contributed by atoms with Crippen molar-refractivity contribution in [3.05, 3.63) is 69.6 Å². The Morgan fingerprint density at radius 3 is 2.76 bits per heavy atom. The molecule has 21 heavy (non-hydrogen) atoms. The number of aryl methyl sites for hydroxylation is 1. The molecule has 1 aromatic heterocycles. The maximum atomic E-state index is 6.44. The molecule has 0 atom stereocenters. The van der Waals surface area contributed by atoms with Crippen LogP contribution in [0, 0.1) is 6.92 Å². The molecule has 0 aliphatic carbocycles. The van der Waals surface area contributed by atoms with Gasteiger partial charge in [0, 0.05) is 21.5 Å². The van der Waals surface area contributed by atoms with E-state index in [4.69, 9.17) is 11.6 Å². The monoisotopic (exact) mass is 315 g/mol. The number of fused-ring (bicyclic) bond motifs is 1. The van der Waals surface area contributed by atoms with Gasteiger partial charge in [-0.2, -0.15) is 0 Å². The van der Waals surface area contributed by atoms with E-state index in [9.17, 15) is 0 Å². The maximum absolute atomic E-state index is 6.44. The van der Waals surface area contributed by atoms with Crippen molar-refractivity contribution in [2.75, 3.05) is 6.54 Å². The van der Waals surface area contributed by atoms with Crippen molar-refractivity contribution in [1.82, 2.24) is 5.32 Å². The van der Waals surface area contributed by atoms with Crippen LogP contribution in [0.25, 0.3) is 10.1 Å². The summed E-state index contributed by atoms with van der Waals surface area (Å²) in [6.45, 7) is 3.94. The number of rotatable bonds is 5. The molecule has 3 aromatic rings. The van der Waals surface area contributed by atoms with Crippen LogP contribution in [0.15, 0.2) is 48.5 Å². The third-order valence-electron chi connectivity index (χ3n) is 3.56. The first-order valence-corrected chi connectivity index (χ1v) is 8.35. The molecule has 0 saturated carbocycles. The van der Waals surface area contributed by atoms with Crippen LogP contribution in [0.2, 0.25) is 5.02 Å². The summed E-state index contributed by atoms with van der Waals surface area (Å²) in [4.78, 5) is 1.22. The summed E-state index contributed by atoms with van der Waals surface area (Å²) in [6.07, 6.45) is 1.05. The zero-order valence-electron chi connectivity index (χ0n) is 12.0. The van der Waals surface area contributed by atoms with Gasteiger partial charge in [0.1, 0.15) is 0 Å². The fraction of sp³-hybridized carbons (Fsp3) is 0.222. The first kappa shape index (κ1) is 14.6. The van der Waals surface area contributed by atoms with E-state index in [0.29, 0.717) is 0 Å². The molecular weight excluding hydrogens is 298 g/mol. The summed E-state index contributed by atoms with van der Waals surface area (Å²) in [6, 6.07) is 17.0. The molecule has 0 amide bonds. The van der Waals surface area contributed by atoms with Crippen molar-refractivity contribution in [1.29, 1.82) is 0 Å². The standard InChI is InChI=1S/C18H18ClNS/c1-13-5-4-6-14(11-13)9-10-20-12-17-18(19)15-7-2-3-8-16(15)21-17/h2-8,11,20H,9-10,12H2,1H3. The summed E-state index contributed by atoms with van der Waals surface area (Å²) in [5.41, 5.74) is 2.70. The average Bonchev–Trinajstić information content (AvgIpc) is 2.81. The number of hydrogen-bond donors (Lipinski definition) is 1. The highest BCUT2D eigenvalue weighted by molar-refractivity contribution is 7.19. The topological polar surface area (TPSA) is 12.0 Å². The van der Waals surface area contributed by atoms with E-state index in [-0.39, 0.29) is 0 Å². The normalized spacial score (nSPS) is 11.1. The Balaban J connectivity index is 1.58. The fourth-order valence-electron chi connectivity index (χ4n) is 2.48. The van der Waals surface area contributed by atoms with E-state index in [1.54, 1.807) is 11.3 Å². The van der Waals surface area contributed by atoms with E-state index in [0.717, 1.165) is 24.5 Å². The minimum atomic E-state index is 0.837. The summed E-state index contributed by atoms with van der Waals surface area (Å²) in [7, 11) is 0. The zero-order chi connectivity index (χ0) is 14.7. The number of nitrogens with one attached hydrogen (secondary N) is 1. The third-order valence-corrected chi connectivity index (χ3v) is 5.27. The van der Waals surface area contributed by atoms with Gasteiger partial charge < -0.3 is 5.32 Å². The van der Waals surface area contributed by atoms with E-state index >= 15 is 0 Å². The maximum Gasteiger partial charge on any atom is 0.0636 e. The van der Waals surface area contributed by atoms with E-state index in [2.05, 4.69) is 54.7 Å². The lowest BCUT2D eigenvalue weighted by molar-refractivity contribution is 0.694. The molecule has 0 fully saturated rings. The van der Waals surface area contributed by atoms with Gasteiger partial charge in [0.2, 0.25) is 0 Å². The average molecular weight is 316 g/mol. The predicted octanol–water partition coefficient (Wildman–Crippen LogP) is 5.20. The predicted molar refractivity (Wildman–Crippen MR) is 93.4 cm³/mol. The second-order valence-corrected chi connectivity index (χ2v) is 6.77. The van der Waals surface area contributed by atoms with Gasteiger partial charge in [-0.1, -0.05) is 59.6 Å². The van der Waals surface area contributed by atoms with E-state index in [1.807, 2.05) is 6.07 Å². The Morgan fingerprint density at radius 1 is 1.10 bits per heavy atom. The van der Waals surface area contributed by atoms with Crippen molar-refractivity contribution in [2.24, 2.45) is 0 Å². The first-order valence-electron chi connectivity index (χ1n) is 7.16. The molecule has 0 aliphatic rings. The molecular formula is C18H18ClNS. The quantitative estimate of drug-likeness (QED) is 0.638. The van der Waals surface area contributed by atoms with Crippen molar-refractivity contribution < 1.29 is 0 Å². The highest BCUT2D eigenvalue weighted by atomic mass is 35.5. The van der Waals surface area contributed by atoms with Crippen LogP contribution in [-0.4, -0.2) is 6.54 Å². The van der Waals surface area contributed by atoms with Gasteiger partial charge in [-0.3, -0.25) is 0 Å². The third kappa shape index (κ3) is 3.46. The van der Waals surface area contributed by atoms with Crippen molar-refractivity contribution in [3.63, 3.8) is 0 Å². The Morgan fingerprint density at radius 2 is 1.95 bits per heavy atom. The van der Waals surface area contributed by atoms with Crippen LogP contribution in [0.1, 0.15) is 16.0 Å². The van der Waals surface area contributed by atoms with Crippen LogP contribution in [0.5, 0.6) is 0 Å². The molecule has 0 saturated heterocycles. The highest BCUT2D eigenvalue weighted by Gasteiger charge is 2.08. The van der Waals surface area contributed by atoms with Crippen LogP contribution in [0.4, 0.5) is 0 Å². The molecule has 0 bridgehead atoms. The smallest absolute Gasteiger partial charge is 0.0636 e. The van der Waals surface area contributed by atoms with Gasteiger partial charge in [-0.15, -0.1) is 11.3 Å². The van der Waals surface area contributed by atoms with E-state index < -0.39 is 0 Å². The number of hydrogen-bond acceptors (Lipinski definition) is 2. The minimum absolute atomic E-state index is 0.837. The van der Waals surface area contributed by atoms with Gasteiger partial charge in [-0.25, -0.2) is 0 Å². The highest BCUT2D eigenvalue weighted by Crippen LogP contribution is 2.34. The van der Waals surface area contributed by atoms with Crippen LogP contribution < -0.4 is 5.32 Å². The molecule has 1 heterocycles. The Bertz CT molecular complexity index is 748. The molecule has 0 spiro atoms. The second kappa shape index (κ2) is 6.61. The first-order chi connectivity index (χ1) is 10.2. The lowest BCUT2D eigenvalue weighted by Crippen LogP contribution is -2.16. The summed E-state index contributed by atoms with van der Waals surface area (Å²) < 4.78 is 1.26. The van der Waals surface area contributed by atoms with Gasteiger partial charge in [0.15, 0.2) is 0 Å². The molecule has 1 nitrogen and oxygen atoms in total. The second-order valence-electron chi connectivity index (χ2n) is 5.25. The van der Waals surface area contributed by atoms with Gasteiger partial charge in [-0.05, 0) is 31.5 Å². The number of halogens is 1. The number of benzene rings is 2. The van der Waals surface area contributed by atoms with Crippen molar-refractivity contribution in [2.45, 2.75) is 19.9 Å². The molecule has 2 aromatic carbocycles. The Hall–Kier alpha value is -1.35. The van der Waals surface area contributed by atoms with Crippen molar-refractivity contribution >= 4 is 33.0 Å². The zero-order valence-corrected chi connectivity index (χ0v) is 13.6. The van der Waals surface area contributed by atoms with Crippen LogP contribution in [0.3, 0.4) is 0 Å². The fourth-order valence-corrected chi connectivity index (χ4v) is 3.95. The summed E-state index contributed by atoms with van der Waals surface area (Å²) >= 11 is 8.22. The lowest BCUT2D eigenvalue weighted by Gasteiger charge is -2.05. The van der Waals surface area contributed by atoms with Gasteiger partial charge in [0.05, 0.1) is 5.02 Å². The van der Waals surface area contributed by atoms with Crippen LogP contribution >= 0.6 is 22.9 Å². The molecule has 108 valence electrons. The SMILES string of the molecule is Cc1cccc(CCNCc2sc3ccccc3c2Cl)c1. The van der Waals surface area contributed by atoms with Gasteiger partial charge in [0.25, 0.3) is 0 Å². The Labute approximate surface area is 134 Å². The summed E-state index contributed by atoms with van der Waals surface area (Å²) in [5, 5.41) is 5.57. The Kier molecular flexibility index (Phi) is 4.59. The molecule has 0 unspecified atom stereocenters. The molecule has 0 aliphatic heterocycles.